The van der Waals surface area contributed by atoms with Gasteiger partial charge in [0.1, 0.15) is 23.8 Å². The number of aryl methyl sites for hydroxylation is 1. The molecule has 0 bridgehead atoms. The number of pyridine rings is 1. The molecule has 1 aliphatic rings. The molecule has 13 heteroatoms. The van der Waals surface area contributed by atoms with Crippen molar-refractivity contribution in [2.75, 3.05) is 34.8 Å². The van der Waals surface area contributed by atoms with Gasteiger partial charge in [-0.1, -0.05) is 18.2 Å². The van der Waals surface area contributed by atoms with E-state index in [2.05, 4.69) is 25.5 Å². The fourth-order valence-corrected chi connectivity index (χ4v) is 5.50. The molecule has 4 heterocycles. The van der Waals surface area contributed by atoms with Gasteiger partial charge < -0.3 is 10.2 Å². The van der Waals surface area contributed by atoms with E-state index in [4.69, 9.17) is 0 Å². The number of benzene rings is 1. The molecule has 4 aromatic rings. The Bertz CT molecular complexity index is 1530. The topological polar surface area (TPSA) is 105 Å². The molecule has 0 radical (unpaired) electrons. The molecule has 9 nitrogen and oxygen atoms in total. The lowest BCUT2D eigenvalue weighted by molar-refractivity contribution is 0.146. The molecule has 1 saturated heterocycles. The summed E-state index contributed by atoms with van der Waals surface area (Å²) in [6, 6.07) is 5.02. The lowest BCUT2D eigenvalue weighted by atomic mass is 10.0. The van der Waals surface area contributed by atoms with Crippen LogP contribution in [-0.2, 0) is 9.84 Å². The number of halogens is 3. The highest BCUT2D eigenvalue weighted by molar-refractivity contribution is 7.91. The first-order valence-corrected chi connectivity index (χ1v) is 12.8. The summed E-state index contributed by atoms with van der Waals surface area (Å²) in [6.45, 7) is 3.96. The Hall–Kier alpha value is -3.48. The predicted octanol–water partition coefficient (Wildman–Crippen LogP) is 3.47. The molecule has 0 unspecified atom stereocenters. The zero-order valence-corrected chi connectivity index (χ0v) is 19.7. The third-order valence-electron chi connectivity index (χ3n) is 6.12. The van der Waals surface area contributed by atoms with Gasteiger partial charge in [-0.3, -0.25) is 4.40 Å². The molecular weight excluding hydrogens is 483 g/mol. The van der Waals surface area contributed by atoms with Crippen LogP contribution in [-0.4, -0.2) is 57.6 Å². The summed E-state index contributed by atoms with van der Waals surface area (Å²) in [6.07, 6.45) is -1.42. The highest BCUT2D eigenvalue weighted by Gasteiger charge is 2.26. The van der Waals surface area contributed by atoms with Gasteiger partial charge in [0.25, 0.3) is 6.43 Å². The van der Waals surface area contributed by atoms with Crippen LogP contribution in [0.5, 0.6) is 0 Å². The molecule has 184 valence electrons. The van der Waals surface area contributed by atoms with Crippen molar-refractivity contribution in [2.24, 2.45) is 0 Å². The number of sulfone groups is 1. The number of hydrogen-bond donors (Lipinski definition) is 1. The van der Waals surface area contributed by atoms with E-state index < -0.39 is 33.7 Å². The summed E-state index contributed by atoms with van der Waals surface area (Å²) < 4.78 is 66.7. The van der Waals surface area contributed by atoms with E-state index in [-0.39, 0.29) is 17.1 Å². The van der Waals surface area contributed by atoms with Crippen LogP contribution in [0.1, 0.15) is 36.3 Å². The second kappa shape index (κ2) is 8.63. The first kappa shape index (κ1) is 23.3. The fourth-order valence-electron chi connectivity index (χ4n) is 4.30. The minimum Gasteiger partial charge on any atom is -0.366 e. The van der Waals surface area contributed by atoms with Crippen molar-refractivity contribution in [1.29, 1.82) is 0 Å². The van der Waals surface area contributed by atoms with Crippen molar-refractivity contribution in [2.45, 2.75) is 26.3 Å². The van der Waals surface area contributed by atoms with Crippen molar-refractivity contribution in [3.8, 4) is 0 Å². The van der Waals surface area contributed by atoms with Crippen molar-refractivity contribution >= 4 is 38.0 Å². The number of alkyl halides is 2. The van der Waals surface area contributed by atoms with Crippen LogP contribution in [0.25, 0.3) is 16.7 Å². The number of nitrogens with zero attached hydrogens (tertiary/aromatic N) is 6. The molecule has 0 aliphatic carbocycles. The highest BCUT2D eigenvalue weighted by Crippen LogP contribution is 2.33. The third-order valence-corrected chi connectivity index (χ3v) is 7.73. The molecule has 5 rings (SSSR count). The number of aromatic nitrogens is 5. The van der Waals surface area contributed by atoms with Gasteiger partial charge in [0, 0.05) is 18.7 Å². The smallest absolute Gasteiger partial charge is 0.266 e. The largest absolute Gasteiger partial charge is 0.366 e. The predicted molar refractivity (Wildman–Crippen MR) is 125 cm³/mol. The van der Waals surface area contributed by atoms with Crippen LogP contribution in [0.15, 0.2) is 30.6 Å². The van der Waals surface area contributed by atoms with Crippen molar-refractivity contribution < 1.29 is 21.6 Å². The van der Waals surface area contributed by atoms with Gasteiger partial charge in [0.05, 0.1) is 34.2 Å². The van der Waals surface area contributed by atoms with Crippen molar-refractivity contribution in [3.63, 3.8) is 0 Å². The number of fused-ring (bicyclic) bond motifs is 3. The molecule has 35 heavy (non-hydrogen) atoms. The standard InChI is InChI=1S/C22H22F3N7O2S/c1-12(14-4-3-5-15(18(14)23)19(24)25)27-20-16-10-17(31-6-8-35(33,34)9-7-31)22-30-26-11-32(22)21(16)29-13(2)28-20/h3-5,10-12,19H,6-9H2,1-2H3,(H,27,28,29)/t12-/m1/s1. The van der Waals surface area contributed by atoms with Crippen molar-refractivity contribution in [3.05, 3.63) is 53.4 Å². The Kier molecular flexibility index (Phi) is 5.74. The minimum absolute atomic E-state index is 0.0254. The van der Waals surface area contributed by atoms with Crippen LogP contribution in [0.3, 0.4) is 0 Å². The van der Waals surface area contributed by atoms with E-state index in [0.717, 1.165) is 6.07 Å². The molecule has 1 atom stereocenters. The van der Waals surface area contributed by atoms with Gasteiger partial charge in [-0.2, -0.15) is 0 Å². The number of nitrogens with one attached hydrogen (secondary N) is 1. The second-order valence-corrected chi connectivity index (χ2v) is 10.8. The highest BCUT2D eigenvalue weighted by atomic mass is 32.2. The number of anilines is 2. The first-order valence-electron chi connectivity index (χ1n) is 10.9. The van der Waals surface area contributed by atoms with Crippen LogP contribution in [0.4, 0.5) is 24.7 Å². The van der Waals surface area contributed by atoms with Gasteiger partial charge >= 0.3 is 0 Å². The van der Waals surface area contributed by atoms with Gasteiger partial charge in [0.2, 0.25) is 0 Å². The Balaban J connectivity index is 1.61. The summed E-state index contributed by atoms with van der Waals surface area (Å²) >= 11 is 0. The van der Waals surface area contributed by atoms with E-state index in [1.807, 2.05) is 4.90 Å². The average molecular weight is 506 g/mol. The van der Waals surface area contributed by atoms with Crippen LogP contribution in [0, 0.1) is 12.7 Å². The maximum absolute atomic E-state index is 14.8. The third kappa shape index (κ3) is 4.24. The normalized spacial score (nSPS) is 16.8. The summed E-state index contributed by atoms with van der Waals surface area (Å²) in [5, 5.41) is 11.9. The molecule has 1 aliphatic heterocycles. The molecule has 0 saturated carbocycles. The van der Waals surface area contributed by atoms with E-state index >= 15 is 0 Å². The summed E-state index contributed by atoms with van der Waals surface area (Å²) in [5.74, 6) is -0.104. The number of rotatable bonds is 5. The molecule has 1 aromatic carbocycles. The summed E-state index contributed by atoms with van der Waals surface area (Å²) in [7, 11) is -3.09. The maximum Gasteiger partial charge on any atom is 0.266 e. The Labute approximate surface area is 198 Å². The zero-order chi connectivity index (χ0) is 24.9. The van der Waals surface area contributed by atoms with Crippen LogP contribution in [0.2, 0.25) is 0 Å². The molecule has 0 spiro atoms. The van der Waals surface area contributed by atoms with Crippen LogP contribution >= 0.6 is 0 Å². The average Bonchev–Trinajstić information content (AvgIpc) is 3.29. The Morgan fingerprint density at radius 1 is 1.09 bits per heavy atom. The van der Waals surface area contributed by atoms with E-state index in [0.29, 0.717) is 47.1 Å². The van der Waals surface area contributed by atoms with Crippen LogP contribution < -0.4 is 10.2 Å². The molecule has 3 aromatic heterocycles. The number of hydrogen-bond acceptors (Lipinski definition) is 8. The van der Waals surface area contributed by atoms with Gasteiger partial charge in [0.15, 0.2) is 21.1 Å². The fraction of sp³-hybridized carbons (Fsp3) is 0.364. The van der Waals surface area contributed by atoms with Gasteiger partial charge in [-0.05, 0) is 19.9 Å². The molecule has 1 N–H and O–H groups in total. The quantitative estimate of drug-likeness (QED) is 0.440. The maximum atomic E-state index is 14.8. The lowest BCUT2D eigenvalue weighted by Gasteiger charge is -2.29. The minimum atomic E-state index is -3.09. The van der Waals surface area contributed by atoms with E-state index in [9.17, 15) is 21.6 Å². The van der Waals surface area contributed by atoms with Crippen molar-refractivity contribution in [1.82, 2.24) is 24.6 Å². The van der Waals surface area contributed by atoms with Gasteiger partial charge in [-0.15, -0.1) is 10.2 Å². The monoisotopic (exact) mass is 505 g/mol. The molecule has 1 fully saturated rings. The SMILES string of the molecule is Cc1nc(N[C@H](C)c2cccc(C(F)F)c2F)c2cc(N3CCS(=O)(=O)CC3)c3nncn3c2n1. The lowest BCUT2D eigenvalue weighted by Crippen LogP contribution is -2.40. The molecular formula is C22H22F3N7O2S. The Morgan fingerprint density at radius 2 is 1.80 bits per heavy atom. The zero-order valence-electron chi connectivity index (χ0n) is 18.9. The van der Waals surface area contributed by atoms with E-state index in [1.54, 1.807) is 24.3 Å². The summed E-state index contributed by atoms with van der Waals surface area (Å²) in [4.78, 5) is 10.9. The second-order valence-electron chi connectivity index (χ2n) is 8.47. The first-order chi connectivity index (χ1) is 16.6. The summed E-state index contributed by atoms with van der Waals surface area (Å²) in [5.41, 5.74) is 1.11. The Morgan fingerprint density at radius 3 is 2.51 bits per heavy atom. The van der Waals surface area contributed by atoms with E-state index in [1.165, 1.54) is 18.5 Å². The molecule has 0 amide bonds. The van der Waals surface area contributed by atoms with Gasteiger partial charge in [-0.25, -0.2) is 31.6 Å².